The van der Waals surface area contributed by atoms with Gasteiger partial charge in [0.05, 0.1) is 6.10 Å². The number of aliphatic hydroxyl groups excluding tert-OH is 1. The van der Waals surface area contributed by atoms with Crippen LogP contribution in [0.25, 0.3) is 0 Å². The van der Waals surface area contributed by atoms with Gasteiger partial charge in [-0.05, 0) is 43.5 Å². The number of ether oxygens (including phenoxy) is 1. The largest absolute Gasteiger partial charge is 0.491 e. The number of aliphatic carboxylic acids is 1. The van der Waals surface area contributed by atoms with E-state index in [1.54, 1.807) is 24.3 Å². The van der Waals surface area contributed by atoms with Crippen LogP contribution in [-0.4, -0.2) is 56.4 Å². The minimum Gasteiger partial charge on any atom is -0.491 e. The fourth-order valence-corrected chi connectivity index (χ4v) is 6.06. The molecule has 0 aromatic heterocycles. The Morgan fingerprint density at radius 1 is 1.15 bits per heavy atom. The Hall–Kier alpha value is -1.28. The molecule has 1 saturated carbocycles. The third-order valence-electron chi connectivity index (χ3n) is 6.37. The van der Waals surface area contributed by atoms with E-state index < -0.39 is 17.7 Å². The molecule has 4 atom stereocenters. The van der Waals surface area contributed by atoms with Crippen molar-refractivity contribution in [2.45, 2.75) is 94.5 Å². The first-order valence-electron chi connectivity index (χ1n) is 12.4. The van der Waals surface area contributed by atoms with Crippen LogP contribution < -0.4 is 4.74 Å². The van der Waals surface area contributed by atoms with Gasteiger partial charge in [-0.15, -0.1) is 0 Å². The summed E-state index contributed by atoms with van der Waals surface area (Å²) in [4.78, 5) is 23.2. The first kappa shape index (κ1) is 29.0. The van der Waals surface area contributed by atoms with E-state index in [0.717, 1.165) is 38.5 Å². The van der Waals surface area contributed by atoms with Crippen molar-refractivity contribution in [2.24, 2.45) is 5.92 Å². The first-order valence-corrected chi connectivity index (χ1v) is 13.8. The maximum Gasteiger partial charge on any atom is 0.303 e. The zero-order valence-corrected chi connectivity index (χ0v) is 21.7. The quantitative estimate of drug-likeness (QED) is 0.235. The molecule has 1 aliphatic rings. The summed E-state index contributed by atoms with van der Waals surface area (Å²) in [5, 5.41) is 31.0. The van der Waals surface area contributed by atoms with Gasteiger partial charge in [0.15, 0.2) is 0 Å². The standard InChI is InChI=1S/C26H39ClO6S/c1-2-3-8-15-26(32,17-33-20-13-11-19(27)12-14-20)18-34-25-21(22(28)16-23(25)29)9-6-4-5-7-10-24(30)31/h11-14,21,23,25,29,32H,2-10,15-18H2,1H3,(H,30,31)/t21-,23?,25+,26?/m0/s1. The van der Waals surface area contributed by atoms with Crippen LogP contribution in [0, 0.1) is 5.92 Å². The van der Waals surface area contributed by atoms with Crippen LogP contribution >= 0.6 is 23.4 Å². The van der Waals surface area contributed by atoms with Crippen molar-refractivity contribution in [3.8, 4) is 5.75 Å². The number of Topliss-reactive ketones (excluding diaryl/α,β-unsaturated/α-hetero) is 1. The van der Waals surface area contributed by atoms with Gasteiger partial charge in [-0.3, -0.25) is 9.59 Å². The highest BCUT2D eigenvalue weighted by Gasteiger charge is 2.42. The molecule has 1 aliphatic carbocycles. The van der Waals surface area contributed by atoms with Crippen LogP contribution in [0.3, 0.4) is 0 Å². The summed E-state index contributed by atoms with van der Waals surface area (Å²) in [5.41, 5.74) is -1.06. The summed E-state index contributed by atoms with van der Waals surface area (Å²) >= 11 is 7.42. The van der Waals surface area contributed by atoms with Crippen LogP contribution in [-0.2, 0) is 9.59 Å². The predicted octanol–water partition coefficient (Wildman–Crippen LogP) is 5.51. The monoisotopic (exact) mass is 514 g/mol. The molecule has 2 rings (SSSR count). The molecule has 3 N–H and O–H groups in total. The molecule has 0 heterocycles. The summed E-state index contributed by atoms with van der Waals surface area (Å²) in [5.74, 6) is 0.102. The number of halogens is 1. The van der Waals surface area contributed by atoms with Crippen LogP contribution in [0.1, 0.15) is 77.6 Å². The highest BCUT2D eigenvalue weighted by atomic mass is 35.5. The molecule has 0 radical (unpaired) electrons. The van der Waals surface area contributed by atoms with E-state index in [-0.39, 0.29) is 36.4 Å². The summed E-state index contributed by atoms with van der Waals surface area (Å²) in [6, 6.07) is 7.03. The number of carboxylic acids is 1. The summed E-state index contributed by atoms with van der Waals surface area (Å²) in [6.07, 6.45) is 7.04. The van der Waals surface area contributed by atoms with Crippen LogP contribution in [0.5, 0.6) is 5.75 Å². The summed E-state index contributed by atoms with van der Waals surface area (Å²) in [7, 11) is 0. The minimum absolute atomic E-state index is 0.0856. The molecule has 0 amide bonds. The Bertz CT molecular complexity index is 758. The molecule has 8 heteroatoms. The predicted molar refractivity (Wildman–Crippen MR) is 137 cm³/mol. The number of benzene rings is 1. The molecule has 2 unspecified atom stereocenters. The molecule has 1 aromatic carbocycles. The van der Waals surface area contributed by atoms with E-state index >= 15 is 0 Å². The van der Waals surface area contributed by atoms with E-state index in [4.69, 9.17) is 21.4 Å². The Labute approximate surface area is 212 Å². The third kappa shape index (κ3) is 10.1. The van der Waals surface area contributed by atoms with Gasteiger partial charge in [0.1, 0.15) is 23.7 Å². The van der Waals surface area contributed by atoms with Crippen molar-refractivity contribution in [2.75, 3.05) is 12.4 Å². The summed E-state index contributed by atoms with van der Waals surface area (Å²) in [6.45, 7) is 2.25. The zero-order valence-electron chi connectivity index (χ0n) is 20.1. The van der Waals surface area contributed by atoms with E-state index in [0.29, 0.717) is 35.8 Å². The van der Waals surface area contributed by atoms with E-state index in [1.807, 2.05) is 0 Å². The Kier molecular flexibility index (Phi) is 12.7. The lowest BCUT2D eigenvalue weighted by molar-refractivity contribution is -0.137. The highest BCUT2D eigenvalue weighted by molar-refractivity contribution is 8.00. The van der Waals surface area contributed by atoms with Gasteiger partial charge in [0.2, 0.25) is 0 Å². The molecule has 6 nitrogen and oxygen atoms in total. The number of thioether (sulfide) groups is 1. The van der Waals surface area contributed by atoms with Crippen molar-refractivity contribution in [1.29, 1.82) is 0 Å². The molecule has 0 aliphatic heterocycles. The normalized spacial score (nSPS) is 22.0. The van der Waals surface area contributed by atoms with E-state index in [2.05, 4.69) is 6.92 Å². The Balaban J connectivity index is 1.91. The lowest BCUT2D eigenvalue weighted by Crippen LogP contribution is -2.40. The zero-order chi connectivity index (χ0) is 25.0. The number of hydrogen-bond donors (Lipinski definition) is 3. The molecule has 0 spiro atoms. The van der Waals surface area contributed by atoms with Crippen LogP contribution in [0.4, 0.5) is 0 Å². The minimum atomic E-state index is -1.06. The number of carboxylic acid groups (broad SMARTS) is 1. The number of ketones is 1. The van der Waals surface area contributed by atoms with Gasteiger partial charge in [-0.25, -0.2) is 0 Å². The second-order valence-electron chi connectivity index (χ2n) is 9.39. The maximum absolute atomic E-state index is 12.5. The Morgan fingerprint density at radius 2 is 1.85 bits per heavy atom. The van der Waals surface area contributed by atoms with Crippen molar-refractivity contribution >= 4 is 35.1 Å². The molecule has 1 fully saturated rings. The maximum atomic E-state index is 12.5. The topological polar surface area (TPSA) is 104 Å². The van der Waals surface area contributed by atoms with E-state index in [1.165, 1.54) is 11.8 Å². The number of aliphatic hydroxyl groups is 2. The molecular weight excluding hydrogens is 476 g/mol. The molecular formula is C26H39ClO6S. The SMILES string of the molecule is CCCCCC(O)(COc1ccc(Cl)cc1)CS[C@H]1C(O)CC(=O)[C@@H]1CCCCCCC(=O)O. The average Bonchev–Trinajstić information content (AvgIpc) is 3.06. The molecule has 1 aromatic rings. The highest BCUT2D eigenvalue weighted by Crippen LogP contribution is 2.38. The number of carbonyl (C=O) groups is 2. The fraction of sp³-hybridized carbons (Fsp3) is 0.692. The summed E-state index contributed by atoms with van der Waals surface area (Å²) < 4.78 is 5.87. The first-order chi connectivity index (χ1) is 16.2. The molecule has 0 bridgehead atoms. The number of rotatable bonds is 17. The number of unbranched alkanes of at least 4 members (excludes halogenated alkanes) is 5. The van der Waals surface area contributed by atoms with Crippen molar-refractivity contribution in [1.82, 2.24) is 0 Å². The molecule has 192 valence electrons. The molecule has 0 saturated heterocycles. The number of hydrogen-bond acceptors (Lipinski definition) is 6. The average molecular weight is 515 g/mol. The second kappa shape index (κ2) is 15.0. The lowest BCUT2D eigenvalue weighted by atomic mass is 9.97. The Morgan fingerprint density at radius 3 is 2.53 bits per heavy atom. The van der Waals surface area contributed by atoms with Crippen molar-refractivity contribution in [3.05, 3.63) is 29.3 Å². The van der Waals surface area contributed by atoms with Gasteiger partial charge in [0.25, 0.3) is 0 Å². The molecule has 34 heavy (non-hydrogen) atoms. The fourth-order valence-electron chi connectivity index (χ4n) is 4.36. The van der Waals surface area contributed by atoms with Gasteiger partial charge in [-0.1, -0.05) is 57.0 Å². The smallest absolute Gasteiger partial charge is 0.303 e. The van der Waals surface area contributed by atoms with Crippen molar-refractivity contribution in [3.63, 3.8) is 0 Å². The van der Waals surface area contributed by atoms with Crippen LogP contribution in [0.2, 0.25) is 5.02 Å². The van der Waals surface area contributed by atoms with E-state index in [9.17, 15) is 19.8 Å². The van der Waals surface area contributed by atoms with Gasteiger partial charge < -0.3 is 20.1 Å². The third-order valence-corrected chi connectivity index (χ3v) is 8.35. The van der Waals surface area contributed by atoms with Crippen molar-refractivity contribution < 1.29 is 29.6 Å². The van der Waals surface area contributed by atoms with Gasteiger partial charge in [0, 0.05) is 34.8 Å². The van der Waals surface area contributed by atoms with Crippen LogP contribution in [0.15, 0.2) is 24.3 Å². The van der Waals surface area contributed by atoms with Gasteiger partial charge in [-0.2, -0.15) is 11.8 Å². The number of carbonyl (C=O) groups excluding carboxylic acids is 1. The second-order valence-corrected chi connectivity index (χ2v) is 11.0. The lowest BCUT2D eigenvalue weighted by Gasteiger charge is -2.31. The van der Waals surface area contributed by atoms with Gasteiger partial charge >= 0.3 is 5.97 Å².